The van der Waals surface area contributed by atoms with Crippen LogP contribution in [0.15, 0.2) is 20.9 Å². The molecule has 0 saturated carbocycles. The summed E-state index contributed by atoms with van der Waals surface area (Å²) in [4.78, 5) is 20.0. The first kappa shape index (κ1) is 21.7. The van der Waals surface area contributed by atoms with Crippen LogP contribution in [-0.4, -0.2) is 43.1 Å². The van der Waals surface area contributed by atoms with Gasteiger partial charge in [-0.1, -0.05) is 0 Å². The van der Waals surface area contributed by atoms with E-state index in [0.29, 0.717) is 13.2 Å². The van der Waals surface area contributed by atoms with Crippen LogP contribution in [0.5, 0.6) is 0 Å². The van der Waals surface area contributed by atoms with Crippen LogP contribution in [0.25, 0.3) is 0 Å². The third-order valence-corrected chi connectivity index (χ3v) is 5.37. The van der Waals surface area contributed by atoms with Crippen LogP contribution in [0.4, 0.5) is 0 Å². The Labute approximate surface area is 173 Å². The van der Waals surface area contributed by atoms with E-state index < -0.39 is 0 Å². The number of ether oxygens (including phenoxy) is 1. The maximum Gasteiger partial charge on any atom is 0.309 e. The molecule has 0 aliphatic carbocycles. The lowest BCUT2D eigenvalue weighted by molar-refractivity contribution is -0.149. The average Bonchev–Trinajstić information content (AvgIpc) is 2.97. The average molecular weight is 530 g/mol. The van der Waals surface area contributed by atoms with Crippen LogP contribution in [0.3, 0.4) is 0 Å². The Kier molecular flexibility index (Phi) is 10.2. The second-order valence-electron chi connectivity index (χ2n) is 5.39. The minimum Gasteiger partial charge on any atom is -0.466 e. The number of carbonyl (C=O) groups excluding carboxylic acids is 1. The first-order valence-corrected chi connectivity index (χ1v) is 9.69. The van der Waals surface area contributed by atoms with Crippen molar-refractivity contribution in [3.63, 3.8) is 0 Å². The van der Waals surface area contributed by atoms with Gasteiger partial charge in [0.1, 0.15) is 0 Å². The number of aliphatic imine (C=N–C) groups is 1. The summed E-state index contributed by atoms with van der Waals surface area (Å²) >= 11 is 5.19. The van der Waals surface area contributed by atoms with Crippen LogP contribution in [0.2, 0.25) is 0 Å². The van der Waals surface area contributed by atoms with Gasteiger partial charge in [-0.3, -0.25) is 4.79 Å². The van der Waals surface area contributed by atoms with Crippen LogP contribution in [0, 0.1) is 5.92 Å². The number of nitrogens with zero attached hydrogens (tertiary/aromatic N) is 2. The number of esters is 1. The van der Waals surface area contributed by atoms with Crippen LogP contribution in [-0.2, 0) is 16.1 Å². The fourth-order valence-electron chi connectivity index (χ4n) is 2.60. The predicted octanol–water partition coefficient (Wildman–Crippen LogP) is 3.87. The lowest BCUT2D eigenvalue weighted by atomic mass is 9.97. The zero-order chi connectivity index (χ0) is 16.7. The smallest absolute Gasteiger partial charge is 0.309 e. The number of halogens is 2. The Morgan fingerprint density at radius 2 is 2.12 bits per heavy atom. The first-order valence-electron chi connectivity index (χ1n) is 8.08. The molecule has 0 aromatic carbocycles. The molecule has 2 rings (SSSR count). The molecule has 0 radical (unpaired) electrons. The first-order chi connectivity index (χ1) is 11.1. The molecule has 24 heavy (non-hydrogen) atoms. The van der Waals surface area contributed by atoms with Crippen LogP contribution < -0.4 is 5.32 Å². The van der Waals surface area contributed by atoms with E-state index in [2.05, 4.69) is 39.1 Å². The number of hydrogen-bond acceptors (Lipinski definition) is 4. The molecule has 0 spiro atoms. The maximum atomic E-state index is 11.8. The Hall–Kier alpha value is -0.350. The molecule has 1 aliphatic rings. The molecule has 0 unspecified atom stereocenters. The van der Waals surface area contributed by atoms with E-state index in [1.165, 1.54) is 4.88 Å². The summed E-state index contributed by atoms with van der Waals surface area (Å²) in [5.41, 5.74) is 0. The predicted molar refractivity (Wildman–Crippen MR) is 113 cm³/mol. The van der Waals surface area contributed by atoms with Gasteiger partial charge in [0.15, 0.2) is 5.96 Å². The van der Waals surface area contributed by atoms with E-state index in [4.69, 9.17) is 9.73 Å². The summed E-state index contributed by atoms with van der Waals surface area (Å²) in [6.07, 6.45) is 1.65. The van der Waals surface area contributed by atoms with Gasteiger partial charge >= 0.3 is 5.97 Å². The van der Waals surface area contributed by atoms with Gasteiger partial charge in [0, 0.05) is 24.5 Å². The molecule has 1 aromatic rings. The summed E-state index contributed by atoms with van der Waals surface area (Å²) in [6, 6.07) is 4.14. The zero-order valence-corrected chi connectivity index (χ0v) is 18.8. The highest BCUT2D eigenvalue weighted by atomic mass is 127. The molecule has 1 aliphatic heterocycles. The lowest BCUT2D eigenvalue weighted by Crippen LogP contribution is -2.46. The van der Waals surface area contributed by atoms with Crippen LogP contribution in [0.1, 0.15) is 31.6 Å². The van der Waals surface area contributed by atoms with Gasteiger partial charge in [-0.05, 0) is 54.8 Å². The summed E-state index contributed by atoms with van der Waals surface area (Å²) in [6.45, 7) is 7.57. The second-order valence-corrected chi connectivity index (χ2v) is 7.94. The number of guanidine groups is 1. The van der Waals surface area contributed by atoms with E-state index in [9.17, 15) is 4.79 Å². The highest BCUT2D eigenvalue weighted by molar-refractivity contribution is 14.0. The van der Waals surface area contributed by atoms with E-state index in [-0.39, 0.29) is 35.9 Å². The van der Waals surface area contributed by atoms with Gasteiger partial charge < -0.3 is 15.0 Å². The molecule has 1 aromatic heterocycles. The fraction of sp³-hybridized carbons (Fsp3) is 0.625. The highest BCUT2D eigenvalue weighted by Gasteiger charge is 2.27. The molecule has 0 bridgehead atoms. The van der Waals surface area contributed by atoms with Crippen molar-refractivity contribution in [2.45, 2.75) is 33.2 Å². The van der Waals surface area contributed by atoms with Gasteiger partial charge in [-0.15, -0.1) is 35.3 Å². The minimum atomic E-state index is -0.0578. The van der Waals surface area contributed by atoms with Gasteiger partial charge in [-0.2, -0.15) is 0 Å². The van der Waals surface area contributed by atoms with E-state index in [1.807, 2.05) is 13.0 Å². The molecular weight excluding hydrogens is 505 g/mol. The van der Waals surface area contributed by atoms with Crippen molar-refractivity contribution in [3.05, 3.63) is 20.8 Å². The number of likely N-dealkylation sites (tertiary alicyclic amines) is 1. The van der Waals surface area contributed by atoms with Crippen molar-refractivity contribution < 1.29 is 9.53 Å². The Balaban J connectivity index is 0.00000288. The molecule has 1 N–H and O–H groups in total. The zero-order valence-electron chi connectivity index (χ0n) is 14.1. The van der Waals surface area contributed by atoms with Gasteiger partial charge in [0.05, 0.1) is 22.9 Å². The quantitative estimate of drug-likeness (QED) is 0.272. The lowest BCUT2D eigenvalue weighted by Gasteiger charge is -2.33. The molecule has 2 heterocycles. The molecule has 0 atom stereocenters. The van der Waals surface area contributed by atoms with Crippen molar-refractivity contribution in [2.75, 3.05) is 26.2 Å². The monoisotopic (exact) mass is 529 g/mol. The van der Waals surface area contributed by atoms with E-state index >= 15 is 0 Å². The standard InChI is InChI=1S/C16H24BrN3O2S.HI/c1-3-18-16(19-11-13-5-6-14(17)23-13)20-9-7-12(8-10-20)15(21)22-4-2;/h5-6,12H,3-4,7-11H2,1-2H3,(H,18,19);1H. The molecule has 136 valence electrons. The van der Waals surface area contributed by atoms with E-state index in [1.54, 1.807) is 11.3 Å². The van der Waals surface area contributed by atoms with Crippen molar-refractivity contribution in [3.8, 4) is 0 Å². The topological polar surface area (TPSA) is 53.9 Å². The van der Waals surface area contributed by atoms with Crippen molar-refractivity contribution >= 4 is 63.2 Å². The van der Waals surface area contributed by atoms with Crippen molar-refractivity contribution in [2.24, 2.45) is 10.9 Å². The second kappa shape index (κ2) is 11.3. The highest BCUT2D eigenvalue weighted by Crippen LogP contribution is 2.23. The molecule has 1 saturated heterocycles. The Morgan fingerprint density at radius 3 is 2.67 bits per heavy atom. The minimum absolute atomic E-state index is 0. The molecular formula is C16H25BrIN3O2S. The van der Waals surface area contributed by atoms with Gasteiger partial charge in [-0.25, -0.2) is 4.99 Å². The number of rotatable bonds is 5. The number of carbonyl (C=O) groups is 1. The molecule has 0 amide bonds. The summed E-state index contributed by atoms with van der Waals surface area (Å²) in [7, 11) is 0. The van der Waals surface area contributed by atoms with E-state index in [0.717, 1.165) is 42.2 Å². The Morgan fingerprint density at radius 1 is 1.42 bits per heavy atom. The summed E-state index contributed by atoms with van der Waals surface area (Å²) in [5, 5.41) is 3.35. The van der Waals surface area contributed by atoms with Crippen molar-refractivity contribution in [1.29, 1.82) is 0 Å². The number of nitrogens with one attached hydrogen (secondary N) is 1. The summed E-state index contributed by atoms with van der Waals surface area (Å²) in [5.74, 6) is 0.902. The number of hydrogen-bond donors (Lipinski definition) is 1. The largest absolute Gasteiger partial charge is 0.466 e. The number of piperidine rings is 1. The fourth-order valence-corrected chi connectivity index (χ4v) is 4.01. The Bertz CT molecular complexity index is 545. The molecule has 8 heteroatoms. The SMILES string of the molecule is CCNC(=NCc1ccc(Br)s1)N1CCC(C(=O)OCC)CC1.I. The molecule has 5 nitrogen and oxygen atoms in total. The number of thiophene rings is 1. The third-order valence-electron chi connectivity index (χ3n) is 3.76. The van der Waals surface area contributed by atoms with Gasteiger partial charge in [0.25, 0.3) is 0 Å². The third kappa shape index (κ3) is 6.51. The van der Waals surface area contributed by atoms with Crippen molar-refractivity contribution in [1.82, 2.24) is 10.2 Å². The normalized spacial score (nSPS) is 15.8. The molecule has 1 fully saturated rings. The van der Waals surface area contributed by atoms with Crippen LogP contribution >= 0.6 is 51.2 Å². The summed E-state index contributed by atoms with van der Waals surface area (Å²) < 4.78 is 6.25. The maximum absolute atomic E-state index is 11.8. The van der Waals surface area contributed by atoms with Gasteiger partial charge in [0.2, 0.25) is 0 Å².